The number of rotatable bonds is 1. The van der Waals surface area contributed by atoms with Crippen molar-refractivity contribution in [1.29, 1.82) is 0 Å². The Morgan fingerprint density at radius 2 is 1.81 bits per heavy atom. The fourth-order valence-electron chi connectivity index (χ4n) is 1.96. The van der Waals surface area contributed by atoms with Crippen LogP contribution in [-0.2, 0) is 12.8 Å². The Bertz CT molecular complexity index is 432. The van der Waals surface area contributed by atoms with Crippen LogP contribution in [0, 0.1) is 10.1 Å². The Labute approximate surface area is 91.2 Å². The van der Waals surface area contributed by atoms with Crippen molar-refractivity contribution in [3.05, 3.63) is 39.4 Å². The standard InChI is InChI=1S/C11H11F2NO2/c12-11(13)5-3-8-1-2-10(14(15)16)7-9(8)4-6-11/h1-2,7H,3-6H2. The fraction of sp³-hybridized carbons (Fsp3) is 0.455. The van der Waals surface area contributed by atoms with E-state index in [1.54, 1.807) is 6.07 Å². The van der Waals surface area contributed by atoms with Gasteiger partial charge in [0.25, 0.3) is 5.69 Å². The van der Waals surface area contributed by atoms with Gasteiger partial charge in [-0.2, -0.15) is 0 Å². The highest BCUT2D eigenvalue weighted by Crippen LogP contribution is 2.33. The summed E-state index contributed by atoms with van der Waals surface area (Å²) in [5.74, 6) is -2.65. The van der Waals surface area contributed by atoms with Gasteiger partial charge < -0.3 is 0 Å². The van der Waals surface area contributed by atoms with Crippen LogP contribution < -0.4 is 0 Å². The quantitative estimate of drug-likeness (QED) is 0.420. The van der Waals surface area contributed by atoms with Gasteiger partial charge in [-0.05, 0) is 24.0 Å². The summed E-state index contributed by atoms with van der Waals surface area (Å²) in [6.07, 6.45) is 0.114. The first-order valence-corrected chi connectivity index (χ1v) is 5.12. The molecule has 0 heterocycles. The second-order valence-electron chi connectivity index (χ2n) is 4.07. The minimum atomic E-state index is -2.65. The Hall–Kier alpha value is -1.52. The first-order valence-electron chi connectivity index (χ1n) is 5.12. The SMILES string of the molecule is O=[N+]([O-])c1ccc2c(c1)CCC(F)(F)CC2. The van der Waals surface area contributed by atoms with Gasteiger partial charge >= 0.3 is 0 Å². The van der Waals surface area contributed by atoms with Gasteiger partial charge in [-0.25, -0.2) is 8.78 Å². The second-order valence-corrected chi connectivity index (χ2v) is 4.07. The average molecular weight is 227 g/mol. The van der Waals surface area contributed by atoms with E-state index in [1.165, 1.54) is 12.1 Å². The molecule has 0 N–H and O–H groups in total. The second kappa shape index (κ2) is 3.81. The molecule has 3 nitrogen and oxygen atoms in total. The van der Waals surface area contributed by atoms with Crippen LogP contribution in [-0.4, -0.2) is 10.8 Å². The normalized spacial score (nSPS) is 18.6. The number of hydrogen-bond acceptors (Lipinski definition) is 2. The van der Waals surface area contributed by atoms with E-state index in [1.807, 2.05) is 0 Å². The van der Waals surface area contributed by atoms with Gasteiger partial charge in [-0.1, -0.05) is 6.07 Å². The van der Waals surface area contributed by atoms with Crippen molar-refractivity contribution in [2.75, 3.05) is 0 Å². The zero-order chi connectivity index (χ0) is 11.8. The van der Waals surface area contributed by atoms with Crippen LogP contribution in [0.4, 0.5) is 14.5 Å². The molecule has 0 unspecified atom stereocenters. The number of alkyl halides is 2. The molecule has 86 valence electrons. The van der Waals surface area contributed by atoms with E-state index in [-0.39, 0.29) is 24.9 Å². The molecule has 0 bridgehead atoms. The molecule has 0 spiro atoms. The minimum absolute atomic E-state index is 0.0241. The third kappa shape index (κ3) is 2.18. The Morgan fingerprint density at radius 1 is 1.19 bits per heavy atom. The van der Waals surface area contributed by atoms with Gasteiger partial charge in [0, 0.05) is 25.0 Å². The topological polar surface area (TPSA) is 43.1 Å². The number of nitro groups is 1. The maximum absolute atomic E-state index is 13.2. The summed E-state index contributed by atoms with van der Waals surface area (Å²) in [6.45, 7) is 0. The lowest BCUT2D eigenvalue weighted by Gasteiger charge is -2.11. The number of hydrogen-bond donors (Lipinski definition) is 0. The van der Waals surface area contributed by atoms with Gasteiger partial charge in [0.1, 0.15) is 0 Å². The summed E-state index contributed by atoms with van der Waals surface area (Å²) < 4.78 is 26.3. The predicted octanol–water partition coefficient (Wildman–Crippen LogP) is 3.11. The molecule has 1 aliphatic rings. The van der Waals surface area contributed by atoms with Gasteiger partial charge in [-0.3, -0.25) is 10.1 Å². The Balaban J connectivity index is 2.32. The molecule has 0 aliphatic heterocycles. The molecule has 1 aromatic rings. The molecule has 0 radical (unpaired) electrons. The summed E-state index contributed by atoms with van der Waals surface area (Å²) in [5.41, 5.74) is 1.47. The molecule has 1 aromatic carbocycles. The van der Waals surface area contributed by atoms with Gasteiger partial charge in [-0.15, -0.1) is 0 Å². The molecule has 0 saturated heterocycles. The van der Waals surface area contributed by atoms with Crippen LogP contribution >= 0.6 is 0 Å². The number of benzene rings is 1. The summed E-state index contributed by atoms with van der Waals surface area (Å²) in [6, 6.07) is 4.38. The predicted molar refractivity (Wildman–Crippen MR) is 54.7 cm³/mol. The highest BCUT2D eigenvalue weighted by Gasteiger charge is 2.31. The van der Waals surface area contributed by atoms with Crippen molar-refractivity contribution < 1.29 is 13.7 Å². The van der Waals surface area contributed by atoms with Crippen molar-refractivity contribution in [3.63, 3.8) is 0 Å². The van der Waals surface area contributed by atoms with Crippen molar-refractivity contribution in [2.24, 2.45) is 0 Å². The lowest BCUT2D eigenvalue weighted by molar-refractivity contribution is -0.384. The van der Waals surface area contributed by atoms with Crippen molar-refractivity contribution in [1.82, 2.24) is 0 Å². The average Bonchev–Trinajstić information content (AvgIpc) is 2.38. The summed E-state index contributed by atoms with van der Waals surface area (Å²) in [5, 5.41) is 10.6. The third-order valence-electron chi connectivity index (χ3n) is 2.92. The Kier molecular flexibility index (Phi) is 2.61. The maximum atomic E-state index is 13.2. The molecule has 0 aromatic heterocycles. The largest absolute Gasteiger partial charge is 0.269 e. The zero-order valence-corrected chi connectivity index (χ0v) is 8.58. The van der Waals surface area contributed by atoms with Crippen LogP contribution in [0.5, 0.6) is 0 Å². The van der Waals surface area contributed by atoms with Crippen LogP contribution in [0.25, 0.3) is 0 Å². The van der Waals surface area contributed by atoms with E-state index in [2.05, 4.69) is 0 Å². The molecule has 5 heteroatoms. The number of halogens is 2. The molecular formula is C11H11F2NO2. The van der Waals surface area contributed by atoms with Crippen molar-refractivity contribution >= 4 is 5.69 Å². The van der Waals surface area contributed by atoms with E-state index in [4.69, 9.17) is 0 Å². The van der Waals surface area contributed by atoms with Crippen LogP contribution in [0.3, 0.4) is 0 Å². The van der Waals surface area contributed by atoms with Crippen LogP contribution in [0.1, 0.15) is 24.0 Å². The molecule has 0 amide bonds. The summed E-state index contributed by atoms with van der Waals surface area (Å²) in [4.78, 5) is 10.1. The molecular weight excluding hydrogens is 216 g/mol. The van der Waals surface area contributed by atoms with E-state index in [0.717, 1.165) is 5.56 Å². The van der Waals surface area contributed by atoms with E-state index in [0.29, 0.717) is 12.0 Å². The molecule has 0 fully saturated rings. The summed E-state index contributed by atoms with van der Waals surface area (Å²) in [7, 11) is 0. The summed E-state index contributed by atoms with van der Waals surface area (Å²) >= 11 is 0. The first kappa shape index (κ1) is 11.0. The number of nitrogens with zero attached hydrogens (tertiary/aromatic N) is 1. The zero-order valence-electron chi connectivity index (χ0n) is 8.58. The molecule has 16 heavy (non-hydrogen) atoms. The smallest absolute Gasteiger partial charge is 0.258 e. The molecule has 2 rings (SSSR count). The van der Waals surface area contributed by atoms with E-state index >= 15 is 0 Å². The van der Waals surface area contributed by atoms with Gasteiger partial charge in [0.2, 0.25) is 5.92 Å². The first-order chi connectivity index (χ1) is 7.48. The van der Waals surface area contributed by atoms with E-state index in [9.17, 15) is 18.9 Å². The highest BCUT2D eigenvalue weighted by molar-refractivity contribution is 5.40. The molecule has 0 saturated carbocycles. The monoisotopic (exact) mass is 227 g/mol. The fourth-order valence-corrected chi connectivity index (χ4v) is 1.96. The van der Waals surface area contributed by atoms with Gasteiger partial charge in [0.15, 0.2) is 0 Å². The lowest BCUT2D eigenvalue weighted by atomic mass is 10.0. The van der Waals surface area contributed by atoms with Crippen molar-refractivity contribution in [2.45, 2.75) is 31.6 Å². The van der Waals surface area contributed by atoms with Crippen LogP contribution in [0.15, 0.2) is 18.2 Å². The minimum Gasteiger partial charge on any atom is -0.258 e. The number of nitro benzene ring substituents is 1. The third-order valence-corrected chi connectivity index (χ3v) is 2.92. The number of non-ortho nitro benzene ring substituents is 1. The van der Waals surface area contributed by atoms with Gasteiger partial charge in [0.05, 0.1) is 4.92 Å². The highest BCUT2D eigenvalue weighted by atomic mass is 19.3. The maximum Gasteiger partial charge on any atom is 0.269 e. The Morgan fingerprint density at radius 3 is 2.44 bits per heavy atom. The number of fused-ring (bicyclic) bond motifs is 1. The molecule has 1 aliphatic carbocycles. The van der Waals surface area contributed by atoms with Crippen molar-refractivity contribution in [3.8, 4) is 0 Å². The number of aryl methyl sites for hydroxylation is 2. The van der Waals surface area contributed by atoms with Crippen LogP contribution in [0.2, 0.25) is 0 Å². The molecule has 0 atom stereocenters. The van der Waals surface area contributed by atoms with E-state index < -0.39 is 10.8 Å². The lowest BCUT2D eigenvalue weighted by Crippen LogP contribution is -2.15.